The van der Waals surface area contributed by atoms with Crippen molar-refractivity contribution in [2.75, 3.05) is 14.2 Å². The van der Waals surface area contributed by atoms with Crippen LogP contribution in [0.25, 0.3) is 0 Å². The minimum Gasteiger partial charge on any atom is -0.497 e. The van der Waals surface area contributed by atoms with Crippen molar-refractivity contribution in [1.29, 1.82) is 0 Å². The second kappa shape index (κ2) is 8.94. The van der Waals surface area contributed by atoms with E-state index < -0.39 is 6.04 Å². The van der Waals surface area contributed by atoms with Gasteiger partial charge in [-0.15, -0.1) is 0 Å². The Bertz CT molecular complexity index is 939. The summed E-state index contributed by atoms with van der Waals surface area (Å²) < 4.78 is 12.5. The molecule has 0 aliphatic heterocycles. The third-order valence-electron chi connectivity index (χ3n) is 4.45. The van der Waals surface area contributed by atoms with Gasteiger partial charge < -0.3 is 24.7 Å². The third-order valence-corrected chi connectivity index (χ3v) is 4.45. The molecular weight excluding hydrogens is 356 g/mol. The highest BCUT2D eigenvalue weighted by atomic mass is 16.5. The molecule has 1 unspecified atom stereocenters. The lowest BCUT2D eigenvalue weighted by Gasteiger charge is -2.20. The van der Waals surface area contributed by atoms with E-state index >= 15 is 0 Å². The minimum absolute atomic E-state index is 0.304. The molecular formula is C21H24N4O3. The molecule has 2 N–H and O–H groups in total. The Hall–Kier alpha value is -3.48. The number of nitrogens with zero attached hydrogens (tertiary/aromatic N) is 2. The maximum Gasteiger partial charge on any atom is 0.315 e. The maximum atomic E-state index is 12.6. The van der Waals surface area contributed by atoms with Crippen LogP contribution in [-0.4, -0.2) is 29.8 Å². The minimum atomic E-state index is -0.423. The van der Waals surface area contributed by atoms with Crippen LogP contribution in [0.15, 0.2) is 60.9 Å². The summed E-state index contributed by atoms with van der Waals surface area (Å²) >= 11 is 0. The SMILES string of the molecule is COc1cccc(C(NC(=O)NCc2ccccc2OC)c2nccn2C)c1. The molecule has 1 atom stereocenters. The molecule has 3 rings (SSSR count). The highest BCUT2D eigenvalue weighted by Crippen LogP contribution is 2.24. The summed E-state index contributed by atoms with van der Waals surface area (Å²) in [5.41, 5.74) is 1.77. The molecule has 0 radical (unpaired) electrons. The number of aryl methyl sites for hydroxylation is 1. The smallest absolute Gasteiger partial charge is 0.315 e. The van der Waals surface area contributed by atoms with E-state index in [0.717, 1.165) is 22.7 Å². The molecule has 1 heterocycles. The lowest BCUT2D eigenvalue weighted by atomic mass is 10.1. The zero-order valence-electron chi connectivity index (χ0n) is 16.2. The lowest BCUT2D eigenvalue weighted by molar-refractivity contribution is 0.237. The summed E-state index contributed by atoms with van der Waals surface area (Å²) in [6.45, 7) is 0.348. The van der Waals surface area contributed by atoms with Gasteiger partial charge in [0.05, 0.1) is 14.2 Å². The van der Waals surface area contributed by atoms with Crippen molar-refractivity contribution in [3.05, 3.63) is 77.9 Å². The number of nitrogens with one attached hydrogen (secondary N) is 2. The van der Waals surface area contributed by atoms with Gasteiger partial charge in [0.15, 0.2) is 0 Å². The molecule has 7 nitrogen and oxygen atoms in total. The first-order chi connectivity index (χ1) is 13.6. The van der Waals surface area contributed by atoms with Gasteiger partial charge in [-0.2, -0.15) is 0 Å². The zero-order valence-corrected chi connectivity index (χ0v) is 16.2. The van der Waals surface area contributed by atoms with E-state index in [1.807, 2.05) is 66.3 Å². The van der Waals surface area contributed by atoms with Crippen LogP contribution in [0.1, 0.15) is 23.0 Å². The molecule has 146 valence electrons. The summed E-state index contributed by atoms with van der Waals surface area (Å²) in [7, 11) is 5.12. The molecule has 0 bridgehead atoms. The number of hydrogen-bond acceptors (Lipinski definition) is 4. The number of methoxy groups -OCH3 is 2. The number of rotatable bonds is 7. The Morgan fingerprint density at radius 1 is 1.14 bits per heavy atom. The Morgan fingerprint density at radius 3 is 2.68 bits per heavy atom. The highest BCUT2D eigenvalue weighted by Gasteiger charge is 2.21. The molecule has 1 aromatic heterocycles. The second-order valence-electron chi connectivity index (χ2n) is 6.24. The van der Waals surface area contributed by atoms with Gasteiger partial charge in [0.1, 0.15) is 23.4 Å². The fraction of sp³-hybridized carbons (Fsp3) is 0.238. The molecule has 0 aliphatic carbocycles. The predicted molar refractivity (Wildman–Crippen MR) is 106 cm³/mol. The third kappa shape index (κ3) is 4.43. The number of aromatic nitrogens is 2. The largest absolute Gasteiger partial charge is 0.497 e. The lowest BCUT2D eigenvalue weighted by Crippen LogP contribution is -2.39. The van der Waals surface area contributed by atoms with Gasteiger partial charge in [-0.1, -0.05) is 30.3 Å². The Morgan fingerprint density at radius 2 is 1.96 bits per heavy atom. The molecule has 0 fully saturated rings. The van der Waals surface area contributed by atoms with E-state index in [4.69, 9.17) is 9.47 Å². The van der Waals surface area contributed by atoms with Gasteiger partial charge >= 0.3 is 6.03 Å². The van der Waals surface area contributed by atoms with Crippen LogP contribution < -0.4 is 20.1 Å². The highest BCUT2D eigenvalue weighted by molar-refractivity contribution is 5.75. The van der Waals surface area contributed by atoms with E-state index in [1.54, 1.807) is 20.4 Å². The first kappa shape index (κ1) is 19.3. The number of imidazole rings is 1. The standard InChI is InChI=1S/C21H24N4O3/c1-25-12-11-22-20(25)19(15-8-6-9-17(13-15)27-2)24-21(26)23-14-16-7-4-5-10-18(16)28-3/h4-13,19H,14H2,1-3H3,(H2,23,24,26). The van der Waals surface area contributed by atoms with Gasteiger partial charge in [-0.05, 0) is 23.8 Å². The van der Waals surface area contributed by atoms with Gasteiger partial charge in [-0.3, -0.25) is 0 Å². The molecule has 0 saturated heterocycles. The van der Waals surface area contributed by atoms with Crippen molar-refractivity contribution in [3.8, 4) is 11.5 Å². The quantitative estimate of drug-likeness (QED) is 0.661. The molecule has 0 saturated carbocycles. The van der Waals surface area contributed by atoms with Crippen molar-refractivity contribution < 1.29 is 14.3 Å². The summed E-state index contributed by atoms with van der Waals surface area (Å²) in [4.78, 5) is 17.0. The Labute approximate surface area is 164 Å². The van der Waals surface area contributed by atoms with Gasteiger partial charge in [-0.25, -0.2) is 9.78 Å². The van der Waals surface area contributed by atoms with Crippen LogP contribution in [0.4, 0.5) is 4.79 Å². The Kier molecular flexibility index (Phi) is 6.16. The van der Waals surface area contributed by atoms with Crippen LogP contribution >= 0.6 is 0 Å². The summed E-state index contributed by atoms with van der Waals surface area (Å²) in [5.74, 6) is 2.17. The van der Waals surface area contributed by atoms with Crippen molar-refractivity contribution in [3.63, 3.8) is 0 Å². The molecule has 3 aromatic rings. The van der Waals surface area contributed by atoms with E-state index in [0.29, 0.717) is 12.3 Å². The molecule has 0 aliphatic rings. The van der Waals surface area contributed by atoms with Crippen molar-refractivity contribution in [1.82, 2.24) is 20.2 Å². The molecule has 7 heteroatoms. The zero-order chi connectivity index (χ0) is 19.9. The number of urea groups is 1. The van der Waals surface area contributed by atoms with Gasteiger partial charge in [0, 0.05) is 31.5 Å². The molecule has 28 heavy (non-hydrogen) atoms. The maximum absolute atomic E-state index is 12.6. The summed E-state index contributed by atoms with van der Waals surface area (Å²) in [6.07, 6.45) is 3.55. The predicted octanol–water partition coefficient (Wildman–Crippen LogP) is 3.03. The molecule has 0 spiro atoms. The van der Waals surface area contributed by atoms with Crippen LogP contribution in [0.3, 0.4) is 0 Å². The first-order valence-corrected chi connectivity index (χ1v) is 8.89. The number of benzene rings is 2. The number of amides is 2. The van der Waals surface area contributed by atoms with Crippen LogP contribution in [0, 0.1) is 0 Å². The number of ether oxygens (including phenoxy) is 2. The van der Waals surface area contributed by atoms with Crippen LogP contribution in [0.5, 0.6) is 11.5 Å². The number of hydrogen-bond donors (Lipinski definition) is 2. The second-order valence-corrected chi connectivity index (χ2v) is 6.24. The van der Waals surface area contributed by atoms with Crippen LogP contribution in [-0.2, 0) is 13.6 Å². The average molecular weight is 380 g/mol. The fourth-order valence-electron chi connectivity index (χ4n) is 2.98. The van der Waals surface area contributed by atoms with E-state index in [9.17, 15) is 4.79 Å². The number of carbonyl (C=O) groups excluding carboxylic acids is 1. The van der Waals surface area contributed by atoms with Crippen molar-refractivity contribution >= 4 is 6.03 Å². The van der Waals surface area contributed by atoms with Crippen LogP contribution in [0.2, 0.25) is 0 Å². The Balaban J connectivity index is 1.77. The molecule has 2 aromatic carbocycles. The van der Waals surface area contributed by atoms with Crippen molar-refractivity contribution in [2.24, 2.45) is 7.05 Å². The fourth-order valence-corrected chi connectivity index (χ4v) is 2.98. The van der Waals surface area contributed by atoms with E-state index in [-0.39, 0.29) is 6.03 Å². The van der Waals surface area contributed by atoms with E-state index in [2.05, 4.69) is 15.6 Å². The molecule has 2 amide bonds. The normalized spacial score (nSPS) is 11.5. The number of para-hydroxylation sites is 1. The first-order valence-electron chi connectivity index (χ1n) is 8.89. The number of carbonyl (C=O) groups is 1. The summed E-state index contributed by atoms with van der Waals surface area (Å²) in [6, 6.07) is 14.4. The van der Waals surface area contributed by atoms with Gasteiger partial charge in [0.25, 0.3) is 0 Å². The van der Waals surface area contributed by atoms with Crippen molar-refractivity contribution in [2.45, 2.75) is 12.6 Å². The van der Waals surface area contributed by atoms with E-state index in [1.165, 1.54) is 0 Å². The topological polar surface area (TPSA) is 77.4 Å². The summed E-state index contributed by atoms with van der Waals surface area (Å²) in [5, 5.41) is 5.89. The monoisotopic (exact) mass is 380 g/mol. The average Bonchev–Trinajstić information content (AvgIpc) is 3.16. The van der Waals surface area contributed by atoms with Gasteiger partial charge in [0.2, 0.25) is 0 Å².